The number of hydrogen-bond donors (Lipinski definition) is 1. The third kappa shape index (κ3) is 3.57. The second-order valence-corrected chi connectivity index (χ2v) is 7.00. The van der Waals surface area contributed by atoms with Crippen molar-refractivity contribution in [3.05, 3.63) is 52.3 Å². The Kier molecular flexibility index (Phi) is 5.43. The summed E-state index contributed by atoms with van der Waals surface area (Å²) in [7, 11) is 0. The fraction of sp³-hybridized carbons (Fsp3) is 0.455. The first-order valence-electron chi connectivity index (χ1n) is 9.24. The number of fused-ring (bicyclic) bond motifs is 1. The molecule has 0 saturated carbocycles. The number of aliphatic hydroxyl groups is 1. The van der Waals surface area contributed by atoms with Crippen LogP contribution in [0.2, 0.25) is 0 Å². The lowest BCUT2D eigenvalue weighted by molar-refractivity contribution is 0.150. The smallest absolute Gasteiger partial charge is 0.126 e. The zero-order chi connectivity index (χ0) is 18.0. The third-order valence-corrected chi connectivity index (χ3v) is 5.21. The van der Waals surface area contributed by atoms with Crippen LogP contribution >= 0.6 is 0 Å². The van der Waals surface area contributed by atoms with E-state index in [1.165, 1.54) is 11.1 Å². The van der Waals surface area contributed by atoms with Crippen LogP contribution in [0.4, 0.5) is 4.39 Å². The molecule has 0 saturated heterocycles. The first-order chi connectivity index (χ1) is 12.0. The van der Waals surface area contributed by atoms with Gasteiger partial charge in [0, 0.05) is 13.0 Å². The molecule has 3 rings (SSSR count). The number of aryl methyl sites for hydroxylation is 2. The molecule has 0 radical (unpaired) electrons. The van der Waals surface area contributed by atoms with Crippen LogP contribution in [-0.4, -0.2) is 17.8 Å². The molecular weight excluding hydrogens is 315 g/mol. The van der Waals surface area contributed by atoms with Crippen molar-refractivity contribution in [2.24, 2.45) is 0 Å². The van der Waals surface area contributed by atoms with Gasteiger partial charge in [-0.25, -0.2) is 4.39 Å². The number of halogens is 1. The van der Waals surface area contributed by atoms with Crippen LogP contribution in [0.25, 0.3) is 11.1 Å². The van der Waals surface area contributed by atoms with E-state index in [4.69, 9.17) is 9.84 Å². The van der Waals surface area contributed by atoms with Gasteiger partial charge in [-0.3, -0.25) is 0 Å². The quantitative estimate of drug-likeness (QED) is 0.788. The summed E-state index contributed by atoms with van der Waals surface area (Å²) in [6.45, 7) is 6.38. The first kappa shape index (κ1) is 17.9. The highest BCUT2D eigenvalue weighted by atomic mass is 19.1. The van der Waals surface area contributed by atoms with Crippen molar-refractivity contribution in [3.63, 3.8) is 0 Å². The van der Waals surface area contributed by atoms with Gasteiger partial charge in [0.1, 0.15) is 17.7 Å². The van der Waals surface area contributed by atoms with Crippen LogP contribution in [0.1, 0.15) is 48.4 Å². The molecule has 0 spiro atoms. The van der Waals surface area contributed by atoms with E-state index in [9.17, 15) is 4.39 Å². The molecule has 25 heavy (non-hydrogen) atoms. The minimum atomic E-state index is -0.0682. The number of aliphatic hydroxyl groups excluding tert-OH is 1. The van der Waals surface area contributed by atoms with Gasteiger partial charge in [0.2, 0.25) is 0 Å². The van der Waals surface area contributed by atoms with Crippen molar-refractivity contribution in [2.45, 2.75) is 59.0 Å². The van der Waals surface area contributed by atoms with Gasteiger partial charge in [0.25, 0.3) is 0 Å². The molecule has 134 valence electrons. The van der Waals surface area contributed by atoms with Crippen molar-refractivity contribution in [1.82, 2.24) is 0 Å². The van der Waals surface area contributed by atoms with Gasteiger partial charge in [-0.15, -0.1) is 0 Å². The number of benzene rings is 2. The molecule has 2 nitrogen and oxygen atoms in total. The Bertz CT molecular complexity index is 744. The average Bonchev–Trinajstić information content (AvgIpc) is 3.06. The predicted octanol–water partition coefficient (Wildman–Crippen LogP) is 5.14. The number of hydrogen-bond acceptors (Lipinski definition) is 2. The Labute approximate surface area is 149 Å². The number of rotatable bonds is 6. The second-order valence-electron chi connectivity index (χ2n) is 7.00. The van der Waals surface area contributed by atoms with Crippen molar-refractivity contribution in [1.29, 1.82) is 0 Å². The molecule has 0 fully saturated rings. The van der Waals surface area contributed by atoms with E-state index in [1.54, 1.807) is 6.07 Å². The molecule has 1 aliphatic rings. The molecule has 0 bridgehead atoms. The van der Waals surface area contributed by atoms with E-state index in [2.05, 4.69) is 32.9 Å². The van der Waals surface area contributed by atoms with Crippen LogP contribution in [0, 0.1) is 19.7 Å². The zero-order valence-corrected chi connectivity index (χ0v) is 15.4. The molecule has 0 aromatic heterocycles. The normalized spacial score (nSPS) is 14.4. The highest BCUT2D eigenvalue weighted by Gasteiger charge is 2.21. The fourth-order valence-corrected chi connectivity index (χ4v) is 4.00. The average molecular weight is 342 g/mol. The maximum Gasteiger partial charge on any atom is 0.126 e. The minimum Gasteiger partial charge on any atom is -0.490 e. The Morgan fingerprint density at radius 3 is 2.44 bits per heavy atom. The van der Waals surface area contributed by atoms with Crippen molar-refractivity contribution < 1.29 is 14.2 Å². The molecule has 2 aromatic rings. The van der Waals surface area contributed by atoms with Crippen molar-refractivity contribution in [2.75, 3.05) is 6.61 Å². The maximum absolute atomic E-state index is 14.1. The first-order valence-corrected chi connectivity index (χ1v) is 9.24. The molecule has 0 amide bonds. The van der Waals surface area contributed by atoms with Crippen LogP contribution in [0.3, 0.4) is 0 Å². The zero-order valence-electron chi connectivity index (χ0n) is 15.4. The Balaban J connectivity index is 1.98. The van der Waals surface area contributed by atoms with E-state index >= 15 is 0 Å². The summed E-state index contributed by atoms with van der Waals surface area (Å²) >= 11 is 0. The molecule has 1 N–H and O–H groups in total. The van der Waals surface area contributed by atoms with Gasteiger partial charge in [-0.2, -0.15) is 0 Å². The van der Waals surface area contributed by atoms with Gasteiger partial charge in [0.05, 0.1) is 0 Å². The molecule has 2 aromatic carbocycles. The maximum atomic E-state index is 14.1. The third-order valence-electron chi connectivity index (χ3n) is 5.21. The Morgan fingerprint density at radius 1 is 1.12 bits per heavy atom. The molecule has 1 aliphatic carbocycles. The highest BCUT2D eigenvalue weighted by Crippen LogP contribution is 2.38. The van der Waals surface area contributed by atoms with Gasteiger partial charge in [-0.05, 0) is 91.1 Å². The second kappa shape index (κ2) is 7.57. The van der Waals surface area contributed by atoms with E-state index in [-0.39, 0.29) is 18.5 Å². The number of ether oxygens (including phenoxy) is 1. The summed E-state index contributed by atoms with van der Waals surface area (Å²) < 4.78 is 20.1. The fourth-order valence-electron chi connectivity index (χ4n) is 4.00. The van der Waals surface area contributed by atoms with E-state index in [0.29, 0.717) is 6.42 Å². The molecular formula is C22H27FO2. The highest BCUT2D eigenvalue weighted by molar-refractivity contribution is 5.76. The Hall–Kier alpha value is -1.87. The lowest BCUT2D eigenvalue weighted by Crippen LogP contribution is -2.17. The summed E-state index contributed by atoms with van der Waals surface area (Å²) in [5.74, 6) is 0.777. The van der Waals surface area contributed by atoms with Crippen LogP contribution < -0.4 is 4.74 Å². The molecule has 3 heteroatoms. The van der Waals surface area contributed by atoms with Crippen molar-refractivity contribution in [3.8, 4) is 16.9 Å². The topological polar surface area (TPSA) is 29.5 Å². The molecule has 1 unspecified atom stereocenters. The standard InChI is InChI=1S/C22H27FO2/c1-4-16(10-11-24)25-17-12-14(2)22(15(3)13-17)20-8-9-21(23)19-7-5-6-18(19)20/h8-9,12-13,16,24H,4-7,10-11H2,1-3H3. The predicted molar refractivity (Wildman–Crippen MR) is 99.7 cm³/mol. The van der Waals surface area contributed by atoms with E-state index in [1.807, 2.05) is 6.07 Å². The van der Waals surface area contributed by atoms with Gasteiger partial charge >= 0.3 is 0 Å². The van der Waals surface area contributed by atoms with Crippen molar-refractivity contribution >= 4 is 0 Å². The Morgan fingerprint density at radius 2 is 1.80 bits per heavy atom. The van der Waals surface area contributed by atoms with Crippen LogP contribution in [0.5, 0.6) is 5.75 Å². The minimum absolute atomic E-state index is 0.0321. The SMILES string of the molecule is CCC(CCO)Oc1cc(C)c(-c2ccc(F)c3c2CCC3)c(C)c1. The van der Waals surface area contributed by atoms with Crippen LogP contribution in [-0.2, 0) is 12.8 Å². The van der Waals surface area contributed by atoms with E-state index in [0.717, 1.165) is 53.7 Å². The van der Waals surface area contributed by atoms with Crippen LogP contribution in [0.15, 0.2) is 24.3 Å². The molecule has 0 aliphatic heterocycles. The summed E-state index contributed by atoms with van der Waals surface area (Å²) in [6.07, 6.45) is 4.36. The summed E-state index contributed by atoms with van der Waals surface area (Å²) in [5, 5.41) is 9.15. The lowest BCUT2D eigenvalue weighted by Gasteiger charge is -2.20. The monoisotopic (exact) mass is 342 g/mol. The van der Waals surface area contributed by atoms with Gasteiger partial charge < -0.3 is 9.84 Å². The van der Waals surface area contributed by atoms with E-state index < -0.39 is 0 Å². The molecule has 1 atom stereocenters. The largest absolute Gasteiger partial charge is 0.490 e. The molecule has 0 heterocycles. The summed E-state index contributed by atoms with van der Waals surface area (Å²) in [4.78, 5) is 0. The summed E-state index contributed by atoms with van der Waals surface area (Å²) in [5.41, 5.74) is 6.72. The van der Waals surface area contributed by atoms with Gasteiger partial charge in [-0.1, -0.05) is 13.0 Å². The summed E-state index contributed by atoms with van der Waals surface area (Å²) in [6, 6.07) is 7.66. The lowest BCUT2D eigenvalue weighted by atomic mass is 9.90. The van der Waals surface area contributed by atoms with Gasteiger partial charge in [0.15, 0.2) is 0 Å².